The Morgan fingerprint density at radius 1 is 1.29 bits per heavy atom. The van der Waals surface area contributed by atoms with Gasteiger partial charge in [0.25, 0.3) is 0 Å². The Bertz CT molecular complexity index is 381. The average Bonchev–Trinajstić information content (AvgIpc) is 2.17. The van der Waals surface area contributed by atoms with E-state index in [0.717, 1.165) is 6.07 Å². The SMILES string of the molecule is N[C@H]1CCOc2c1cc(F)c(F)c2F. The zero-order valence-electron chi connectivity index (χ0n) is 7.19. The molecule has 0 aromatic heterocycles. The monoisotopic (exact) mass is 203 g/mol. The van der Waals surface area contributed by atoms with Crippen LogP contribution in [-0.2, 0) is 0 Å². The van der Waals surface area contributed by atoms with Crippen LogP contribution in [0.1, 0.15) is 18.0 Å². The Balaban J connectivity index is 2.63. The number of rotatable bonds is 0. The lowest BCUT2D eigenvalue weighted by molar-refractivity contribution is 0.247. The molecule has 0 radical (unpaired) electrons. The molecule has 5 heteroatoms. The van der Waals surface area contributed by atoms with Crippen LogP contribution in [0.25, 0.3) is 0 Å². The molecule has 1 aliphatic heterocycles. The summed E-state index contributed by atoms with van der Waals surface area (Å²) in [6.45, 7) is 0.218. The van der Waals surface area contributed by atoms with Crippen LogP contribution in [0.15, 0.2) is 6.07 Å². The first kappa shape index (κ1) is 9.33. The minimum Gasteiger partial charge on any atom is -0.490 e. The van der Waals surface area contributed by atoms with Crippen LogP contribution in [0.2, 0.25) is 0 Å². The molecule has 0 saturated carbocycles. The van der Waals surface area contributed by atoms with E-state index < -0.39 is 23.5 Å². The van der Waals surface area contributed by atoms with Crippen molar-refractivity contribution in [2.45, 2.75) is 12.5 Å². The van der Waals surface area contributed by atoms with E-state index in [2.05, 4.69) is 0 Å². The van der Waals surface area contributed by atoms with E-state index in [1.165, 1.54) is 0 Å². The van der Waals surface area contributed by atoms with Crippen LogP contribution >= 0.6 is 0 Å². The van der Waals surface area contributed by atoms with Crippen LogP contribution in [0.5, 0.6) is 5.75 Å². The van der Waals surface area contributed by atoms with Crippen molar-refractivity contribution < 1.29 is 17.9 Å². The average molecular weight is 203 g/mol. The molecule has 2 N–H and O–H groups in total. The summed E-state index contributed by atoms with van der Waals surface area (Å²) < 4.78 is 43.6. The Morgan fingerprint density at radius 2 is 2.00 bits per heavy atom. The molecular formula is C9H8F3NO. The predicted octanol–water partition coefficient (Wildman–Crippen LogP) is 1.89. The van der Waals surface area contributed by atoms with Crippen molar-refractivity contribution in [3.05, 3.63) is 29.1 Å². The molecule has 14 heavy (non-hydrogen) atoms. The molecule has 1 aliphatic rings. The maximum absolute atomic E-state index is 13.1. The minimum absolute atomic E-state index is 0.188. The summed E-state index contributed by atoms with van der Waals surface area (Å²) in [7, 11) is 0. The first-order chi connectivity index (χ1) is 6.61. The second-order valence-electron chi connectivity index (χ2n) is 3.15. The number of hydrogen-bond donors (Lipinski definition) is 1. The van der Waals surface area contributed by atoms with Gasteiger partial charge >= 0.3 is 0 Å². The summed E-state index contributed by atoms with van der Waals surface area (Å²) in [5, 5.41) is 0. The highest BCUT2D eigenvalue weighted by Gasteiger charge is 2.26. The standard InChI is InChI=1S/C9H8F3NO/c10-5-3-4-6(13)1-2-14-9(4)8(12)7(5)11/h3,6H,1-2,13H2/t6-/m0/s1. The summed E-state index contributed by atoms with van der Waals surface area (Å²) in [4.78, 5) is 0. The molecule has 1 aromatic rings. The normalized spacial score (nSPS) is 20.1. The van der Waals surface area contributed by atoms with Gasteiger partial charge in [0.05, 0.1) is 6.61 Å². The maximum atomic E-state index is 13.1. The Kier molecular flexibility index (Phi) is 2.11. The van der Waals surface area contributed by atoms with E-state index in [1.807, 2.05) is 0 Å². The van der Waals surface area contributed by atoms with Gasteiger partial charge in [-0.3, -0.25) is 0 Å². The molecule has 0 amide bonds. The number of benzene rings is 1. The highest BCUT2D eigenvalue weighted by atomic mass is 19.2. The summed E-state index contributed by atoms with van der Waals surface area (Å²) >= 11 is 0. The van der Waals surface area contributed by atoms with Gasteiger partial charge in [0.2, 0.25) is 5.82 Å². The molecule has 0 fully saturated rings. The van der Waals surface area contributed by atoms with Crippen LogP contribution in [-0.4, -0.2) is 6.61 Å². The van der Waals surface area contributed by atoms with Gasteiger partial charge in [-0.25, -0.2) is 8.78 Å². The first-order valence-corrected chi connectivity index (χ1v) is 4.17. The molecule has 1 heterocycles. The lowest BCUT2D eigenvalue weighted by Crippen LogP contribution is -2.22. The predicted molar refractivity (Wildman–Crippen MR) is 43.4 cm³/mol. The van der Waals surface area contributed by atoms with Crippen LogP contribution in [0, 0.1) is 17.5 Å². The molecule has 1 aromatic carbocycles. The smallest absolute Gasteiger partial charge is 0.204 e. The highest BCUT2D eigenvalue weighted by molar-refractivity contribution is 5.39. The van der Waals surface area contributed by atoms with Gasteiger partial charge in [0.1, 0.15) is 0 Å². The van der Waals surface area contributed by atoms with Crippen LogP contribution in [0.3, 0.4) is 0 Å². The van der Waals surface area contributed by atoms with Gasteiger partial charge in [-0.15, -0.1) is 0 Å². The number of halogens is 3. The van der Waals surface area contributed by atoms with E-state index in [4.69, 9.17) is 10.5 Å². The fourth-order valence-electron chi connectivity index (χ4n) is 1.46. The third kappa shape index (κ3) is 1.24. The molecule has 0 spiro atoms. The fourth-order valence-corrected chi connectivity index (χ4v) is 1.46. The van der Waals surface area contributed by atoms with Gasteiger partial charge in [-0.05, 0) is 6.07 Å². The van der Waals surface area contributed by atoms with Crippen molar-refractivity contribution in [2.75, 3.05) is 6.61 Å². The molecular weight excluding hydrogens is 195 g/mol. The van der Waals surface area contributed by atoms with Crippen molar-refractivity contribution in [1.29, 1.82) is 0 Å². The van der Waals surface area contributed by atoms with Gasteiger partial charge in [0, 0.05) is 18.0 Å². The second-order valence-corrected chi connectivity index (χ2v) is 3.15. The largest absolute Gasteiger partial charge is 0.490 e. The fraction of sp³-hybridized carbons (Fsp3) is 0.333. The molecule has 0 bridgehead atoms. The summed E-state index contributed by atoms with van der Waals surface area (Å²) in [6, 6.07) is 0.390. The molecule has 0 unspecified atom stereocenters. The zero-order valence-corrected chi connectivity index (χ0v) is 7.19. The Morgan fingerprint density at radius 3 is 2.71 bits per heavy atom. The van der Waals surface area contributed by atoms with E-state index in [-0.39, 0.29) is 17.9 Å². The van der Waals surface area contributed by atoms with Gasteiger partial charge < -0.3 is 10.5 Å². The third-order valence-corrected chi connectivity index (χ3v) is 2.22. The molecule has 2 rings (SSSR count). The highest BCUT2D eigenvalue weighted by Crippen LogP contribution is 2.35. The third-order valence-electron chi connectivity index (χ3n) is 2.22. The summed E-state index contributed by atoms with van der Waals surface area (Å²) in [6.07, 6.45) is 0.470. The van der Waals surface area contributed by atoms with E-state index in [1.54, 1.807) is 0 Å². The Hall–Kier alpha value is -1.23. The van der Waals surface area contributed by atoms with Gasteiger partial charge in [0.15, 0.2) is 17.4 Å². The maximum Gasteiger partial charge on any atom is 0.204 e. The second kappa shape index (κ2) is 3.16. The Labute approximate surface area is 78.5 Å². The van der Waals surface area contributed by atoms with Gasteiger partial charge in [-0.2, -0.15) is 4.39 Å². The first-order valence-electron chi connectivity index (χ1n) is 4.17. The summed E-state index contributed by atoms with van der Waals surface area (Å²) in [5.41, 5.74) is 5.79. The van der Waals surface area contributed by atoms with E-state index in [9.17, 15) is 13.2 Å². The van der Waals surface area contributed by atoms with Crippen molar-refractivity contribution in [3.8, 4) is 5.75 Å². The lowest BCUT2D eigenvalue weighted by Gasteiger charge is -2.23. The molecule has 1 atom stereocenters. The quantitative estimate of drug-likeness (QED) is 0.653. The van der Waals surface area contributed by atoms with E-state index in [0.29, 0.717) is 6.42 Å². The number of hydrogen-bond acceptors (Lipinski definition) is 2. The molecule has 0 aliphatic carbocycles. The van der Waals surface area contributed by atoms with Crippen molar-refractivity contribution in [3.63, 3.8) is 0 Å². The number of nitrogens with two attached hydrogens (primary N) is 1. The molecule has 2 nitrogen and oxygen atoms in total. The summed E-state index contributed by atoms with van der Waals surface area (Å²) in [5.74, 6) is -4.31. The zero-order chi connectivity index (χ0) is 10.3. The lowest BCUT2D eigenvalue weighted by atomic mass is 10.0. The number of ether oxygens (including phenoxy) is 1. The minimum atomic E-state index is -1.52. The van der Waals surface area contributed by atoms with Crippen LogP contribution in [0.4, 0.5) is 13.2 Å². The molecule has 76 valence electrons. The van der Waals surface area contributed by atoms with Crippen molar-refractivity contribution in [2.24, 2.45) is 5.73 Å². The molecule has 0 saturated heterocycles. The van der Waals surface area contributed by atoms with E-state index >= 15 is 0 Å². The van der Waals surface area contributed by atoms with Crippen molar-refractivity contribution in [1.82, 2.24) is 0 Å². The van der Waals surface area contributed by atoms with Crippen LogP contribution < -0.4 is 10.5 Å². The topological polar surface area (TPSA) is 35.2 Å². The van der Waals surface area contributed by atoms with Gasteiger partial charge in [-0.1, -0.05) is 0 Å². The number of fused-ring (bicyclic) bond motifs is 1. The van der Waals surface area contributed by atoms with Crippen molar-refractivity contribution >= 4 is 0 Å².